The Bertz CT molecular complexity index is 391. The van der Waals surface area contributed by atoms with Gasteiger partial charge in [-0.15, -0.1) is 0 Å². The van der Waals surface area contributed by atoms with Crippen LogP contribution in [0.2, 0.25) is 0 Å². The molecule has 0 aromatic heterocycles. The molecule has 80 valence electrons. The van der Waals surface area contributed by atoms with Crippen molar-refractivity contribution in [2.75, 3.05) is 13.9 Å². The first-order valence-electron chi connectivity index (χ1n) is 4.46. The Morgan fingerprint density at radius 1 is 1.53 bits per heavy atom. The molecule has 5 nitrogen and oxygen atoms in total. The fraction of sp³-hybridized carbons (Fsp3) is 0.300. The highest BCUT2D eigenvalue weighted by molar-refractivity contribution is 5.79. The highest BCUT2D eigenvalue weighted by Crippen LogP contribution is 2.37. The summed E-state index contributed by atoms with van der Waals surface area (Å²) in [6.07, 6.45) is 0. The first kappa shape index (κ1) is 9.79. The Balaban J connectivity index is 2.36. The third-order valence-electron chi connectivity index (χ3n) is 2.22. The number of benzene rings is 1. The van der Waals surface area contributed by atoms with Crippen LogP contribution in [0, 0.1) is 0 Å². The van der Waals surface area contributed by atoms with Crippen LogP contribution < -0.4 is 15.2 Å². The van der Waals surface area contributed by atoms with Crippen LogP contribution in [0.1, 0.15) is 11.6 Å². The summed E-state index contributed by atoms with van der Waals surface area (Å²) >= 11 is 0. The third kappa shape index (κ3) is 1.61. The zero-order valence-corrected chi connectivity index (χ0v) is 8.23. The lowest BCUT2D eigenvalue weighted by Crippen LogP contribution is -2.22. The minimum atomic E-state index is -0.841. The van der Waals surface area contributed by atoms with Crippen molar-refractivity contribution >= 4 is 5.97 Å². The SMILES string of the molecule is COC(=O)[C@H](N)c1cccc2c1OCO2. The minimum Gasteiger partial charge on any atom is -0.468 e. The smallest absolute Gasteiger partial charge is 0.327 e. The first-order chi connectivity index (χ1) is 7.24. The number of carbonyl (C=O) groups is 1. The summed E-state index contributed by atoms with van der Waals surface area (Å²) in [7, 11) is 1.29. The van der Waals surface area contributed by atoms with Gasteiger partial charge in [-0.1, -0.05) is 12.1 Å². The van der Waals surface area contributed by atoms with Crippen LogP contribution >= 0.6 is 0 Å². The Kier molecular flexibility index (Phi) is 2.47. The van der Waals surface area contributed by atoms with E-state index in [9.17, 15) is 4.79 Å². The van der Waals surface area contributed by atoms with Crippen LogP contribution in [0.3, 0.4) is 0 Å². The van der Waals surface area contributed by atoms with Crippen molar-refractivity contribution in [3.63, 3.8) is 0 Å². The molecule has 5 heteroatoms. The highest BCUT2D eigenvalue weighted by Gasteiger charge is 2.25. The average Bonchev–Trinajstić information content (AvgIpc) is 2.74. The van der Waals surface area contributed by atoms with Gasteiger partial charge in [0.1, 0.15) is 6.04 Å². The fourth-order valence-corrected chi connectivity index (χ4v) is 1.45. The second-order valence-corrected chi connectivity index (χ2v) is 3.08. The molecule has 2 rings (SSSR count). The molecule has 1 aliphatic rings. The van der Waals surface area contributed by atoms with Gasteiger partial charge in [-0.2, -0.15) is 0 Å². The van der Waals surface area contributed by atoms with Gasteiger partial charge in [0.25, 0.3) is 0 Å². The van der Waals surface area contributed by atoms with Gasteiger partial charge < -0.3 is 19.9 Å². The number of methoxy groups -OCH3 is 1. The van der Waals surface area contributed by atoms with Gasteiger partial charge >= 0.3 is 5.97 Å². The van der Waals surface area contributed by atoms with Gasteiger partial charge in [0.05, 0.1) is 7.11 Å². The van der Waals surface area contributed by atoms with Gasteiger partial charge in [-0.3, -0.25) is 4.79 Å². The van der Waals surface area contributed by atoms with Crippen LogP contribution in [0.15, 0.2) is 18.2 Å². The van der Waals surface area contributed by atoms with Crippen LogP contribution in [-0.2, 0) is 9.53 Å². The van der Waals surface area contributed by atoms with Crippen molar-refractivity contribution in [1.82, 2.24) is 0 Å². The molecule has 1 aliphatic heterocycles. The lowest BCUT2D eigenvalue weighted by molar-refractivity contribution is -0.142. The van der Waals surface area contributed by atoms with Crippen molar-refractivity contribution in [2.24, 2.45) is 5.73 Å². The summed E-state index contributed by atoms with van der Waals surface area (Å²) in [5, 5.41) is 0. The molecule has 0 aliphatic carbocycles. The Morgan fingerprint density at radius 3 is 3.07 bits per heavy atom. The predicted molar refractivity (Wildman–Crippen MR) is 51.5 cm³/mol. The number of nitrogens with two attached hydrogens (primary N) is 1. The van der Waals surface area contributed by atoms with Gasteiger partial charge in [0.2, 0.25) is 6.79 Å². The Morgan fingerprint density at radius 2 is 2.33 bits per heavy atom. The summed E-state index contributed by atoms with van der Waals surface area (Å²) in [4.78, 5) is 11.3. The van der Waals surface area contributed by atoms with Crippen LogP contribution in [0.4, 0.5) is 0 Å². The third-order valence-corrected chi connectivity index (χ3v) is 2.22. The molecule has 0 bridgehead atoms. The number of hydrogen-bond acceptors (Lipinski definition) is 5. The van der Waals surface area contributed by atoms with E-state index in [4.69, 9.17) is 15.2 Å². The molecular formula is C10H11NO4. The first-order valence-corrected chi connectivity index (χ1v) is 4.46. The average molecular weight is 209 g/mol. The molecule has 0 radical (unpaired) electrons. The molecular weight excluding hydrogens is 198 g/mol. The zero-order chi connectivity index (χ0) is 10.8. The molecule has 1 aromatic rings. The monoisotopic (exact) mass is 209 g/mol. The van der Waals surface area contributed by atoms with E-state index in [1.54, 1.807) is 18.2 Å². The molecule has 0 spiro atoms. The Labute approximate surface area is 86.7 Å². The summed E-state index contributed by atoms with van der Waals surface area (Å²) < 4.78 is 15.0. The topological polar surface area (TPSA) is 70.8 Å². The van der Waals surface area contributed by atoms with Gasteiger partial charge in [0, 0.05) is 5.56 Å². The normalized spacial score (nSPS) is 14.8. The van der Waals surface area contributed by atoms with Gasteiger partial charge in [-0.25, -0.2) is 0 Å². The minimum absolute atomic E-state index is 0.153. The quantitative estimate of drug-likeness (QED) is 0.722. The summed E-state index contributed by atoms with van der Waals surface area (Å²) in [5.74, 6) is 0.626. The molecule has 0 saturated heterocycles. The fourth-order valence-electron chi connectivity index (χ4n) is 1.45. The van der Waals surface area contributed by atoms with Crippen molar-refractivity contribution in [3.05, 3.63) is 23.8 Å². The molecule has 1 heterocycles. The van der Waals surface area contributed by atoms with E-state index in [2.05, 4.69) is 4.74 Å². The summed E-state index contributed by atoms with van der Waals surface area (Å²) in [5.41, 5.74) is 6.29. The van der Waals surface area contributed by atoms with E-state index in [1.165, 1.54) is 7.11 Å². The lowest BCUT2D eigenvalue weighted by atomic mass is 10.1. The molecule has 0 amide bonds. The number of rotatable bonds is 2. The van der Waals surface area contributed by atoms with Crippen molar-refractivity contribution in [2.45, 2.75) is 6.04 Å². The van der Waals surface area contributed by atoms with Crippen molar-refractivity contribution in [3.8, 4) is 11.5 Å². The molecule has 0 fully saturated rings. The zero-order valence-electron chi connectivity index (χ0n) is 8.23. The van der Waals surface area contributed by atoms with E-state index in [0.29, 0.717) is 17.1 Å². The Hall–Kier alpha value is -1.75. The number of hydrogen-bond donors (Lipinski definition) is 1. The number of ether oxygens (including phenoxy) is 3. The summed E-state index contributed by atoms with van der Waals surface area (Å²) in [6, 6.07) is 4.39. The van der Waals surface area contributed by atoms with Crippen LogP contribution in [0.25, 0.3) is 0 Å². The maximum Gasteiger partial charge on any atom is 0.327 e. The number of fused-ring (bicyclic) bond motifs is 1. The van der Waals surface area contributed by atoms with Crippen molar-refractivity contribution < 1.29 is 19.0 Å². The van der Waals surface area contributed by atoms with Crippen molar-refractivity contribution in [1.29, 1.82) is 0 Å². The molecule has 15 heavy (non-hydrogen) atoms. The second-order valence-electron chi connectivity index (χ2n) is 3.08. The molecule has 2 N–H and O–H groups in total. The lowest BCUT2D eigenvalue weighted by Gasteiger charge is -2.11. The van der Waals surface area contributed by atoms with E-state index in [-0.39, 0.29) is 6.79 Å². The largest absolute Gasteiger partial charge is 0.468 e. The van der Waals surface area contributed by atoms with Gasteiger partial charge in [0.15, 0.2) is 11.5 Å². The maximum absolute atomic E-state index is 11.3. The van der Waals surface area contributed by atoms with Crippen LogP contribution in [-0.4, -0.2) is 19.9 Å². The molecule has 0 unspecified atom stereocenters. The standard InChI is InChI=1S/C10H11NO4/c1-13-10(12)8(11)6-3-2-4-7-9(6)15-5-14-7/h2-4,8H,5,11H2,1H3/t8-/m1/s1. The maximum atomic E-state index is 11.3. The molecule has 1 atom stereocenters. The number of carbonyl (C=O) groups excluding carboxylic acids is 1. The van der Waals surface area contributed by atoms with E-state index < -0.39 is 12.0 Å². The highest BCUT2D eigenvalue weighted by atomic mass is 16.7. The van der Waals surface area contributed by atoms with E-state index in [1.807, 2.05) is 0 Å². The predicted octanol–water partition coefficient (Wildman–Crippen LogP) is 0.588. The number of para-hydroxylation sites is 1. The molecule has 0 saturated carbocycles. The van der Waals surface area contributed by atoms with Gasteiger partial charge in [-0.05, 0) is 6.07 Å². The number of esters is 1. The second kappa shape index (κ2) is 3.78. The van der Waals surface area contributed by atoms with E-state index >= 15 is 0 Å². The van der Waals surface area contributed by atoms with E-state index in [0.717, 1.165) is 0 Å². The molecule has 1 aromatic carbocycles. The summed E-state index contributed by atoms with van der Waals surface area (Å²) in [6.45, 7) is 0.153. The van der Waals surface area contributed by atoms with Crippen LogP contribution in [0.5, 0.6) is 11.5 Å².